The van der Waals surface area contributed by atoms with Gasteiger partial charge in [-0.15, -0.1) is 12.4 Å². The lowest BCUT2D eigenvalue weighted by Crippen LogP contribution is -2.41. The van der Waals surface area contributed by atoms with E-state index in [1.807, 2.05) is 6.20 Å². The van der Waals surface area contributed by atoms with Gasteiger partial charge < -0.3 is 4.57 Å². The molecule has 8 rings (SSSR count). The number of aryl methyl sites for hydroxylation is 1. The molecule has 1 aliphatic heterocycles. The molecular formula is C29H37ClN2. The highest BCUT2D eigenvalue weighted by Gasteiger charge is 2.47. The SMILES string of the molecule is CC12CCC(CC3CCC4C(C=CC5=CCCc6c5n4c4ccncc64)C3)(CC1)CC2.Cl. The summed E-state index contributed by atoms with van der Waals surface area (Å²) in [7, 11) is 0. The summed E-state index contributed by atoms with van der Waals surface area (Å²) >= 11 is 0. The van der Waals surface area contributed by atoms with Crippen LogP contribution >= 0.6 is 12.4 Å². The maximum absolute atomic E-state index is 4.49. The molecule has 0 N–H and O–H groups in total. The minimum absolute atomic E-state index is 0. The molecule has 0 aromatic carbocycles. The summed E-state index contributed by atoms with van der Waals surface area (Å²) in [4.78, 5) is 4.49. The molecule has 2 aromatic heterocycles. The van der Waals surface area contributed by atoms with Crippen molar-refractivity contribution in [1.29, 1.82) is 0 Å². The van der Waals surface area contributed by atoms with Gasteiger partial charge in [-0.25, -0.2) is 0 Å². The van der Waals surface area contributed by atoms with Crippen molar-refractivity contribution in [2.75, 3.05) is 0 Å². The molecule has 3 atom stereocenters. The predicted molar refractivity (Wildman–Crippen MR) is 135 cm³/mol. The fourth-order valence-electron chi connectivity index (χ4n) is 8.34. The first kappa shape index (κ1) is 21.0. The van der Waals surface area contributed by atoms with Gasteiger partial charge in [0.05, 0.1) is 11.2 Å². The second-order valence-corrected chi connectivity index (χ2v) is 12.1. The van der Waals surface area contributed by atoms with Gasteiger partial charge in [0.25, 0.3) is 0 Å². The predicted octanol–water partition coefficient (Wildman–Crippen LogP) is 8.07. The Morgan fingerprint density at radius 3 is 2.72 bits per heavy atom. The Morgan fingerprint density at radius 2 is 1.91 bits per heavy atom. The lowest BCUT2D eigenvalue weighted by atomic mass is 9.52. The summed E-state index contributed by atoms with van der Waals surface area (Å²) in [5.41, 5.74) is 7.37. The van der Waals surface area contributed by atoms with Crippen molar-refractivity contribution < 1.29 is 0 Å². The number of rotatable bonds is 2. The van der Waals surface area contributed by atoms with Crippen LogP contribution in [0.1, 0.15) is 94.9 Å². The van der Waals surface area contributed by atoms with Crippen molar-refractivity contribution >= 4 is 28.9 Å². The van der Waals surface area contributed by atoms with Crippen LogP contribution in [0.2, 0.25) is 0 Å². The van der Waals surface area contributed by atoms with Crippen LogP contribution in [0.3, 0.4) is 0 Å². The maximum Gasteiger partial charge on any atom is 0.0524 e. The molecule has 32 heavy (non-hydrogen) atoms. The molecule has 2 aromatic rings. The van der Waals surface area contributed by atoms with Crippen LogP contribution in [0, 0.1) is 22.7 Å². The van der Waals surface area contributed by atoms with Crippen molar-refractivity contribution in [3.8, 4) is 0 Å². The number of allylic oxidation sites excluding steroid dienone is 4. The third-order valence-electron chi connectivity index (χ3n) is 10.3. The van der Waals surface area contributed by atoms with Gasteiger partial charge in [-0.1, -0.05) is 25.2 Å². The second kappa shape index (κ2) is 7.49. The van der Waals surface area contributed by atoms with Gasteiger partial charge in [-0.05, 0) is 117 Å². The van der Waals surface area contributed by atoms with Gasteiger partial charge in [-0.3, -0.25) is 4.98 Å². The first-order valence-corrected chi connectivity index (χ1v) is 13.0. The fourth-order valence-corrected chi connectivity index (χ4v) is 8.34. The molecular weight excluding hydrogens is 412 g/mol. The monoisotopic (exact) mass is 448 g/mol. The molecule has 0 radical (unpaired) electrons. The Morgan fingerprint density at radius 1 is 1.09 bits per heavy atom. The molecule has 5 aliphatic carbocycles. The summed E-state index contributed by atoms with van der Waals surface area (Å²) in [5, 5.41) is 1.41. The molecule has 170 valence electrons. The molecule has 0 amide bonds. The Bertz CT molecular complexity index is 1080. The zero-order chi connectivity index (χ0) is 20.6. The molecule has 2 bridgehead atoms. The van der Waals surface area contributed by atoms with Crippen molar-refractivity contribution in [2.45, 2.75) is 90.0 Å². The molecule has 4 saturated carbocycles. The number of aromatic nitrogens is 2. The van der Waals surface area contributed by atoms with Gasteiger partial charge >= 0.3 is 0 Å². The van der Waals surface area contributed by atoms with E-state index in [9.17, 15) is 0 Å². The molecule has 4 fully saturated rings. The van der Waals surface area contributed by atoms with Crippen molar-refractivity contribution in [2.24, 2.45) is 22.7 Å². The van der Waals surface area contributed by atoms with E-state index < -0.39 is 0 Å². The smallest absolute Gasteiger partial charge is 0.0524 e. The number of halogens is 1. The normalized spacial score (nSPS) is 37.3. The summed E-state index contributed by atoms with van der Waals surface area (Å²) in [6, 6.07) is 2.91. The van der Waals surface area contributed by atoms with Crippen molar-refractivity contribution in [3.05, 3.63) is 47.9 Å². The Balaban J connectivity index is 0.00000196. The first-order valence-electron chi connectivity index (χ1n) is 13.0. The molecule has 0 spiro atoms. The van der Waals surface area contributed by atoms with Crippen LogP contribution in [0.25, 0.3) is 16.5 Å². The van der Waals surface area contributed by atoms with Crippen molar-refractivity contribution in [1.82, 2.24) is 9.55 Å². The van der Waals surface area contributed by atoms with Crippen LogP contribution in [0.5, 0.6) is 0 Å². The maximum atomic E-state index is 4.49. The van der Waals surface area contributed by atoms with Crippen LogP contribution in [0.15, 0.2) is 36.7 Å². The average Bonchev–Trinajstić information content (AvgIpc) is 3.04. The fraction of sp³-hybridized carbons (Fsp3) is 0.621. The topological polar surface area (TPSA) is 17.8 Å². The van der Waals surface area contributed by atoms with Crippen LogP contribution < -0.4 is 0 Å². The molecule has 0 saturated heterocycles. The van der Waals surface area contributed by atoms with E-state index in [0.717, 1.165) is 5.92 Å². The summed E-state index contributed by atoms with van der Waals surface area (Å²) in [6.45, 7) is 2.55. The number of hydrogen-bond acceptors (Lipinski definition) is 1. The second-order valence-electron chi connectivity index (χ2n) is 12.1. The van der Waals surface area contributed by atoms with E-state index in [2.05, 4.69) is 47.0 Å². The van der Waals surface area contributed by atoms with E-state index in [-0.39, 0.29) is 12.4 Å². The summed E-state index contributed by atoms with van der Waals surface area (Å²) in [5.74, 6) is 1.61. The van der Waals surface area contributed by atoms with E-state index in [1.54, 1.807) is 5.56 Å². The molecule has 6 aliphatic rings. The number of fused-ring (bicyclic) bond motifs is 8. The van der Waals surface area contributed by atoms with E-state index in [0.29, 0.717) is 22.8 Å². The largest absolute Gasteiger partial charge is 0.336 e. The Kier molecular flexibility index (Phi) is 4.92. The van der Waals surface area contributed by atoms with Crippen LogP contribution in [-0.2, 0) is 6.42 Å². The van der Waals surface area contributed by atoms with E-state index >= 15 is 0 Å². The first-order chi connectivity index (χ1) is 15.1. The highest BCUT2D eigenvalue weighted by molar-refractivity contribution is 5.93. The van der Waals surface area contributed by atoms with Crippen LogP contribution in [-0.4, -0.2) is 9.55 Å². The zero-order valence-electron chi connectivity index (χ0n) is 19.5. The molecule has 3 heteroatoms. The number of nitrogens with zero attached hydrogens (tertiary/aromatic N) is 2. The minimum Gasteiger partial charge on any atom is -0.336 e. The molecule has 3 heterocycles. The Labute approximate surface area is 199 Å². The highest BCUT2D eigenvalue weighted by Crippen LogP contribution is 2.60. The number of pyridine rings is 1. The minimum atomic E-state index is 0. The summed E-state index contributed by atoms with van der Waals surface area (Å²) < 4.78 is 2.75. The Hall–Kier alpha value is -1.54. The molecule has 2 nitrogen and oxygen atoms in total. The van der Waals surface area contributed by atoms with Gasteiger partial charge in [-0.2, -0.15) is 0 Å². The van der Waals surface area contributed by atoms with Gasteiger partial charge in [0, 0.05) is 23.8 Å². The van der Waals surface area contributed by atoms with Crippen molar-refractivity contribution in [3.63, 3.8) is 0 Å². The van der Waals surface area contributed by atoms with E-state index in [1.165, 1.54) is 99.2 Å². The quantitative estimate of drug-likeness (QED) is 0.454. The summed E-state index contributed by atoms with van der Waals surface area (Å²) in [6.07, 6.45) is 28.7. The van der Waals surface area contributed by atoms with Gasteiger partial charge in [0.2, 0.25) is 0 Å². The third-order valence-corrected chi connectivity index (χ3v) is 10.3. The van der Waals surface area contributed by atoms with Crippen LogP contribution in [0.4, 0.5) is 0 Å². The van der Waals surface area contributed by atoms with Gasteiger partial charge in [0.1, 0.15) is 0 Å². The standard InChI is InChI=1S/C29H36N2.ClH/c1-28-10-13-29(14-11-28,15-12-28)18-20-5-8-25-22(17-20)7-6-21-3-2-4-23-24-19-30-16-9-26(24)31(25)27(21)23;/h3,6-7,9,16,19-20,22,25H,2,4-5,8,10-15,17-18H2,1H3;1H. The number of hydrogen-bond donors (Lipinski definition) is 0. The lowest BCUT2D eigenvalue weighted by molar-refractivity contribution is -0.0197. The lowest BCUT2D eigenvalue weighted by Gasteiger charge is -2.54. The highest BCUT2D eigenvalue weighted by atomic mass is 35.5. The zero-order valence-corrected chi connectivity index (χ0v) is 20.3. The average molecular weight is 449 g/mol. The van der Waals surface area contributed by atoms with E-state index in [4.69, 9.17) is 0 Å². The van der Waals surface area contributed by atoms with Gasteiger partial charge in [0.15, 0.2) is 0 Å². The third kappa shape index (κ3) is 3.08. The molecule has 3 unspecified atom stereocenters.